The largest absolute Gasteiger partial charge is 0.455 e. The van der Waals surface area contributed by atoms with E-state index in [2.05, 4.69) is 53.5 Å². The van der Waals surface area contributed by atoms with Crippen LogP contribution in [0, 0.1) is 0 Å². The molecular formula is C22H15NOS. The van der Waals surface area contributed by atoms with E-state index in [1.165, 1.54) is 43.1 Å². The summed E-state index contributed by atoms with van der Waals surface area (Å²) in [5.74, 6) is 1.92. The number of para-hydroxylation sites is 2. The smallest absolute Gasteiger partial charge is 0.142 e. The van der Waals surface area contributed by atoms with E-state index in [1.54, 1.807) is 11.8 Å². The van der Waals surface area contributed by atoms with Gasteiger partial charge in [-0.15, -0.1) is 0 Å². The average Bonchev–Trinajstić information content (AvgIpc) is 3.04. The van der Waals surface area contributed by atoms with Gasteiger partial charge in [0.15, 0.2) is 0 Å². The third kappa shape index (κ3) is 1.93. The van der Waals surface area contributed by atoms with Crippen LogP contribution in [0.4, 0.5) is 0 Å². The molecule has 0 atom stereocenters. The number of nitrogens with one attached hydrogen (secondary N) is 1. The van der Waals surface area contributed by atoms with Crippen LogP contribution in [0.1, 0.15) is 11.1 Å². The molecule has 0 unspecified atom stereocenters. The Hall–Kier alpha value is -2.65. The summed E-state index contributed by atoms with van der Waals surface area (Å²) in [6.45, 7) is 0. The van der Waals surface area contributed by atoms with Gasteiger partial charge >= 0.3 is 0 Å². The van der Waals surface area contributed by atoms with E-state index in [0.717, 1.165) is 24.3 Å². The Morgan fingerprint density at radius 3 is 2.72 bits per heavy atom. The Morgan fingerprint density at radius 1 is 0.840 bits per heavy atom. The molecule has 1 N–H and O–H groups in total. The van der Waals surface area contributed by atoms with Crippen molar-refractivity contribution in [3.8, 4) is 22.8 Å². The first kappa shape index (κ1) is 13.6. The standard InChI is InChI=1S/C22H15NOS/c1-2-6-17-14(5-1)15-10-9-13-11-21-19(12-16(13)22(15)23-17)24-18-7-3-4-8-20(18)25-21/h1-8,11-12,23H,9-10H2. The first-order chi connectivity index (χ1) is 12.4. The van der Waals surface area contributed by atoms with Gasteiger partial charge in [0.2, 0.25) is 0 Å². The highest BCUT2D eigenvalue weighted by Crippen LogP contribution is 2.50. The molecule has 6 rings (SSSR count). The fourth-order valence-corrected chi connectivity index (χ4v) is 5.00. The fourth-order valence-electron chi connectivity index (χ4n) is 4.01. The predicted octanol–water partition coefficient (Wildman–Crippen LogP) is 6.19. The molecule has 0 bridgehead atoms. The normalized spacial score (nSPS) is 14.2. The van der Waals surface area contributed by atoms with Gasteiger partial charge in [0, 0.05) is 16.5 Å². The molecule has 4 aromatic rings. The summed E-state index contributed by atoms with van der Waals surface area (Å²) in [6.07, 6.45) is 2.17. The Bertz CT molecular complexity index is 1160. The summed E-state index contributed by atoms with van der Waals surface area (Å²) in [5, 5.41) is 1.35. The molecule has 3 heteroatoms. The highest BCUT2D eigenvalue weighted by atomic mass is 32.2. The summed E-state index contributed by atoms with van der Waals surface area (Å²) in [6, 6.07) is 21.4. The number of hydrogen-bond donors (Lipinski definition) is 1. The summed E-state index contributed by atoms with van der Waals surface area (Å²) in [5.41, 5.74) is 6.62. The highest BCUT2D eigenvalue weighted by molar-refractivity contribution is 7.99. The second-order valence-corrected chi connectivity index (χ2v) is 7.71. The molecule has 0 saturated heterocycles. The van der Waals surface area contributed by atoms with Crippen molar-refractivity contribution in [3.05, 3.63) is 71.8 Å². The number of ether oxygens (including phenoxy) is 1. The molecule has 2 heterocycles. The Morgan fingerprint density at radius 2 is 1.72 bits per heavy atom. The lowest BCUT2D eigenvalue weighted by Crippen LogP contribution is -2.05. The summed E-state index contributed by atoms with van der Waals surface area (Å²) < 4.78 is 6.20. The highest BCUT2D eigenvalue weighted by Gasteiger charge is 2.25. The predicted molar refractivity (Wildman–Crippen MR) is 102 cm³/mol. The molecule has 0 amide bonds. The Kier molecular flexibility index (Phi) is 2.69. The van der Waals surface area contributed by atoms with E-state index in [-0.39, 0.29) is 0 Å². The Labute approximate surface area is 149 Å². The maximum Gasteiger partial charge on any atom is 0.142 e. The average molecular weight is 341 g/mol. The summed E-state index contributed by atoms with van der Waals surface area (Å²) in [7, 11) is 0. The van der Waals surface area contributed by atoms with Crippen molar-refractivity contribution >= 4 is 22.7 Å². The van der Waals surface area contributed by atoms with E-state index in [0.29, 0.717) is 0 Å². The zero-order valence-corrected chi connectivity index (χ0v) is 14.3. The fraction of sp³-hybridized carbons (Fsp3) is 0.0909. The molecule has 120 valence electrons. The van der Waals surface area contributed by atoms with Crippen LogP contribution >= 0.6 is 11.8 Å². The van der Waals surface area contributed by atoms with Gasteiger partial charge < -0.3 is 9.72 Å². The van der Waals surface area contributed by atoms with Crippen molar-refractivity contribution in [1.82, 2.24) is 4.98 Å². The first-order valence-electron chi connectivity index (χ1n) is 8.58. The second-order valence-electron chi connectivity index (χ2n) is 6.63. The minimum atomic E-state index is 0.952. The van der Waals surface area contributed by atoms with Gasteiger partial charge in [0.1, 0.15) is 11.5 Å². The zero-order chi connectivity index (χ0) is 16.4. The third-order valence-electron chi connectivity index (χ3n) is 5.19. The minimum absolute atomic E-state index is 0.952. The SMILES string of the molecule is c1ccc2c(c1)Oc1cc3c(cc1S2)CCc1c-3[nH]c2ccccc12. The molecule has 0 spiro atoms. The lowest BCUT2D eigenvalue weighted by Gasteiger charge is -2.24. The molecule has 0 radical (unpaired) electrons. The molecule has 1 aliphatic carbocycles. The quantitative estimate of drug-likeness (QED) is 0.363. The van der Waals surface area contributed by atoms with Crippen LogP contribution in [0.3, 0.4) is 0 Å². The molecule has 0 fully saturated rings. The molecule has 2 nitrogen and oxygen atoms in total. The lowest BCUT2D eigenvalue weighted by molar-refractivity contribution is 0.454. The van der Waals surface area contributed by atoms with Crippen molar-refractivity contribution in [2.45, 2.75) is 22.6 Å². The van der Waals surface area contributed by atoms with E-state index >= 15 is 0 Å². The van der Waals surface area contributed by atoms with Gasteiger partial charge in [-0.25, -0.2) is 0 Å². The van der Waals surface area contributed by atoms with Crippen molar-refractivity contribution in [1.29, 1.82) is 0 Å². The van der Waals surface area contributed by atoms with Crippen LogP contribution in [0.25, 0.3) is 22.2 Å². The van der Waals surface area contributed by atoms with E-state index < -0.39 is 0 Å². The maximum atomic E-state index is 6.20. The molecular weight excluding hydrogens is 326 g/mol. The van der Waals surface area contributed by atoms with Crippen molar-refractivity contribution in [3.63, 3.8) is 0 Å². The number of fused-ring (bicyclic) bond motifs is 7. The molecule has 2 aliphatic rings. The first-order valence-corrected chi connectivity index (χ1v) is 9.40. The van der Waals surface area contributed by atoms with E-state index in [1.807, 2.05) is 12.1 Å². The minimum Gasteiger partial charge on any atom is -0.455 e. The van der Waals surface area contributed by atoms with Crippen molar-refractivity contribution < 1.29 is 4.74 Å². The third-order valence-corrected chi connectivity index (χ3v) is 6.28. The number of aromatic amines is 1. The van der Waals surface area contributed by atoms with E-state index in [9.17, 15) is 0 Å². The zero-order valence-electron chi connectivity index (χ0n) is 13.5. The Balaban J connectivity index is 1.55. The number of H-pyrrole nitrogens is 1. The van der Waals surface area contributed by atoms with Gasteiger partial charge in [-0.2, -0.15) is 0 Å². The number of aryl methyl sites for hydroxylation is 2. The van der Waals surface area contributed by atoms with Crippen molar-refractivity contribution in [2.24, 2.45) is 0 Å². The van der Waals surface area contributed by atoms with Gasteiger partial charge in [-0.3, -0.25) is 0 Å². The topological polar surface area (TPSA) is 25.0 Å². The maximum absolute atomic E-state index is 6.20. The number of rotatable bonds is 0. The number of benzene rings is 3. The number of aromatic nitrogens is 1. The van der Waals surface area contributed by atoms with Gasteiger partial charge in [-0.1, -0.05) is 42.1 Å². The molecule has 3 aromatic carbocycles. The molecule has 1 aliphatic heterocycles. The van der Waals surface area contributed by atoms with Crippen LogP contribution in [0.2, 0.25) is 0 Å². The van der Waals surface area contributed by atoms with Gasteiger partial charge in [0.05, 0.1) is 15.5 Å². The monoisotopic (exact) mass is 341 g/mol. The molecule has 0 saturated carbocycles. The van der Waals surface area contributed by atoms with Crippen LogP contribution in [0.15, 0.2) is 70.5 Å². The summed E-state index contributed by atoms with van der Waals surface area (Å²) in [4.78, 5) is 6.05. The summed E-state index contributed by atoms with van der Waals surface area (Å²) >= 11 is 1.81. The second kappa shape index (κ2) is 4.93. The molecule has 1 aromatic heterocycles. The van der Waals surface area contributed by atoms with Crippen molar-refractivity contribution in [2.75, 3.05) is 0 Å². The van der Waals surface area contributed by atoms with E-state index in [4.69, 9.17) is 4.74 Å². The van der Waals surface area contributed by atoms with Gasteiger partial charge in [-0.05, 0) is 54.3 Å². The molecule has 25 heavy (non-hydrogen) atoms. The van der Waals surface area contributed by atoms with Crippen LogP contribution in [-0.4, -0.2) is 4.98 Å². The van der Waals surface area contributed by atoms with Crippen LogP contribution in [0.5, 0.6) is 11.5 Å². The van der Waals surface area contributed by atoms with Crippen LogP contribution in [-0.2, 0) is 12.8 Å². The van der Waals surface area contributed by atoms with Crippen LogP contribution < -0.4 is 4.74 Å². The lowest BCUT2D eigenvalue weighted by atomic mass is 9.89. The number of hydrogen-bond acceptors (Lipinski definition) is 2. The van der Waals surface area contributed by atoms with Gasteiger partial charge in [0.25, 0.3) is 0 Å².